The zero-order chi connectivity index (χ0) is 22.7. The van der Waals surface area contributed by atoms with Crippen LogP contribution in [0.15, 0.2) is 24.3 Å². The second kappa shape index (κ2) is 8.39. The number of ketones is 1. The summed E-state index contributed by atoms with van der Waals surface area (Å²) in [6.45, 7) is 6.80. The topological polar surface area (TPSA) is 43.4 Å². The molecule has 3 nitrogen and oxygen atoms in total. The first-order valence-corrected chi connectivity index (χ1v) is 13.8. The van der Waals surface area contributed by atoms with Crippen LogP contribution in [0, 0.1) is 44.0 Å². The molecule has 4 fully saturated rings. The summed E-state index contributed by atoms with van der Waals surface area (Å²) in [5, 5.41) is 0. The summed E-state index contributed by atoms with van der Waals surface area (Å²) in [7, 11) is 0. The van der Waals surface area contributed by atoms with Gasteiger partial charge in [0.1, 0.15) is 11.9 Å². The molecule has 0 spiro atoms. The zero-order valence-electron chi connectivity index (χ0n) is 19.7. The van der Waals surface area contributed by atoms with Gasteiger partial charge < -0.3 is 4.74 Å². The van der Waals surface area contributed by atoms with Crippen molar-refractivity contribution in [3.63, 3.8) is 0 Å². The van der Waals surface area contributed by atoms with Crippen molar-refractivity contribution in [1.29, 1.82) is 0 Å². The average Bonchev–Trinajstić information content (AvgIpc) is 3.11. The molecule has 4 heteroatoms. The van der Waals surface area contributed by atoms with Crippen molar-refractivity contribution in [2.45, 2.75) is 84.7 Å². The molecule has 0 radical (unpaired) electrons. The Bertz CT molecular complexity index is 912. The Morgan fingerprint density at radius 3 is 2.47 bits per heavy atom. The van der Waals surface area contributed by atoms with E-state index in [1.54, 1.807) is 0 Å². The maximum atomic E-state index is 12.7. The molecule has 0 saturated heterocycles. The summed E-state index contributed by atoms with van der Waals surface area (Å²) in [5.41, 5.74) is 1.27. The zero-order valence-corrected chi connectivity index (χ0v) is 21.9. The van der Waals surface area contributed by atoms with Crippen LogP contribution >= 0.6 is 22.6 Å². The van der Waals surface area contributed by atoms with Crippen molar-refractivity contribution in [3.8, 4) is 0 Å². The van der Waals surface area contributed by atoms with Crippen molar-refractivity contribution in [2.24, 2.45) is 40.4 Å². The quantitative estimate of drug-likeness (QED) is 0.300. The monoisotopic (exact) mass is 548 g/mol. The molecule has 0 heterocycles. The fourth-order valence-corrected chi connectivity index (χ4v) is 9.37. The number of benzene rings is 1. The summed E-state index contributed by atoms with van der Waals surface area (Å²) in [6, 6.07) is 7.70. The van der Waals surface area contributed by atoms with Gasteiger partial charge >= 0.3 is 5.97 Å². The maximum absolute atomic E-state index is 12.7. The van der Waals surface area contributed by atoms with E-state index in [1.165, 1.54) is 38.5 Å². The highest BCUT2D eigenvalue weighted by molar-refractivity contribution is 14.1. The number of hydrogen-bond donors (Lipinski definition) is 0. The number of carbonyl (C=O) groups is 2. The van der Waals surface area contributed by atoms with E-state index in [-0.39, 0.29) is 23.4 Å². The van der Waals surface area contributed by atoms with Crippen LogP contribution in [0.3, 0.4) is 0 Å². The third-order valence-corrected chi connectivity index (χ3v) is 11.1. The summed E-state index contributed by atoms with van der Waals surface area (Å²) in [4.78, 5) is 25.1. The van der Waals surface area contributed by atoms with Gasteiger partial charge in [-0.3, -0.25) is 4.79 Å². The standard InChI is InChI=1S/C28H37IO3/c1-17(30)23-9-10-24-22-8-7-19-16-21(32-26(31)18-5-4-6-20(29)15-18)11-13-27(19,2)25(22)12-14-28(23,24)3/h4-6,15,19,21-25H,7-14,16H2,1-3H3/t19-,21+,22-,23+,24-,25-,27-,28+/m0/s1. The minimum atomic E-state index is -0.166. The third kappa shape index (κ3) is 3.67. The third-order valence-electron chi connectivity index (χ3n) is 10.4. The smallest absolute Gasteiger partial charge is 0.338 e. The maximum Gasteiger partial charge on any atom is 0.338 e. The Labute approximate surface area is 206 Å². The molecule has 4 aliphatic rings. The number of fused-ring (bicyclic) bond motifs is 5. The van der Waals surface area contributed by atoms with E-state index in [2.05, 4.69) is 36.4 Å². The highest BCUT2D eigenvalue weighted by Crippen LogP contribution is 2.67. The fraction of sp³-hybridized carbons (Fsp3) is 0.714. The molecule has 1 aromatic rings. The lowest BCUT2D eigenvalue weighted by atomic mass is 9.44. The minimum Gasteiger partial charge on any atom is -0.459 e. The molecule has 0 aliphatic heterocycles. The second-order valence-corrected chi connectivity index (χ2v) is 13.0. The van der Waals surface area contributed by atoms with Crippen LogP contribution in [-0.4, -0.2) is 17.9 Å². The molecule has 174 valence electrons. The number of halogens is 1. The minimum absolute atomic E-state index is 0.0532. The molecule has 0 bridgehead atoms. The van der Waals surface area contributed by atoms with Gasteiger partial charge in [0.25, 0.3) is 0 Å². The second-order valence-electron chi connectivity index (χ2n) is 11.8. The van der Waals surface area contributed by atoms with Crippen molar-refractivity contribution in [3.05, 3.63) is 33.4 Å². The van der Waals surface area contributed by atoms with Crippen LogP contribution in [-0.2, 0) is 9.53 Å². The van der Waals surface area contributed by atoms with E-state index in [0.717, 1.165) is 40.6 Å². The molecule has 32 heavy (non-hydrogen) atoms. The van der Waals surface area contributed by atoms with Gasteiger partial charge in [-0.15, -0.1) is 0 Å². The van der Waals surface area contributed by atoms with Gasteiger partial charge in [0.2, 0.25) is 0 Å². The first kappa shape index (κ1) is 22.9. The Morgan fingerprint density at radius 1 is 0.969 bits per heavy atom. The van der Waals surface area contributed by atoms with Gasteiger partial charge in [-0.05, 0) is 140 Å². The summed E-state index contributed by atoms with van der Waals surface area (Å²) in [6.07, 6.45) is 10.6. The predicted molar refractivity (Wildman–Crippen MR) is 134 cm³/mol. The molecule has 0 unspecified atom stereocenters. The van der Waals surface area contributed by atoms with Crippen LogP contribution < -0.4 is 0 Å². The number of esters is 1. The molecule has 0 aromatic heterocycles. The van der Waals surface area contributed by atoms with Crippen molar-refractivity contribution < 1.29 is 14.3 Å². The van der Waals surface area contributed by atoms with Gasteiger partial charge in [0.05, 0.1) is 5.56 Å². The lowest BCUT2D eigenvalue weighted by Crippen LogP contribution is -2.54. The molecular formula is C28H37IO3. The number of ether oxygens (including phenoxy) is 1. The highest BCUT2D eigenvalue weighted by atomic mass is 127. The number of rotatable bonds is 3. The molecule has 4 aliphatic carbocycles. The summed E-state index contributed by atoms with van der Waals surface area (Å²) >= 11 is 2.24. The van der Waals surface area contributed by atoms with Crippen molar-refractivity contribution in [1.82, 2.24) is 0 Å². The first-order valence-electron chi connectivity index (χ1n) is 12.7. The van der Waals surface area contributed by atoms with E-state index < -0.39 is 0 Å². The SMILES string of the molecule is CC(=O)[C@H]1CC[C@H]2[C@@H]3CC[C@H]4C[C@H](OC(=O)c5cccc(I)c5)CC[C@]4(C)[C@H]3CC[C@]12C. The molecule has 0 amide bonds. The lowest BCUT2D eigenvalue weighted by molar-refractivity contribution is -0.138. The molecule has 4 saturated carbocycles. The van der Waals surface area contributed by atoms with Crippen molar-refractivity contribution >= 4 is 34.3 Å². The van der Waals surface area contributed by atoms with Crippen LogP contribution in [0.5, 0.6) is 0 Å². The Hall–Kier alpha value is -0.910. The highest BCUT2D eigenvalue weighted by Gasteiger charge is 2.60. The summed E-state index contributed by atoms with van der Waals surface area (Å²) in [5.74, 6) is 3.48. The fourth-order valence-electron chi connectivity index (χ4n) is 8.83. The van der Waals surface area contributed by atoms with Gasteiger partial charge in [0, 0.05) is 9.49 Å². The number of Topliss-reactive ketones (excluding diaryl/α,β-unsaturated/α-hetero) is 1. The number of carbonyl (C=O) groups excluding carboxylic acids is 2. The van der Waals surface area contributed by atoms with Gasteiger partial charge in [-0.25, -0.2) is 4.79 Å². The predicted octanol–water partition coefficient (Wildman–Crippen LogP) is 7.06. The van der Waals surface area contributed by atoms with Crippen LogP contribution in [0.4, 0.5) is 0 Å². The summed E-state index contributed by atoms with van der Waals surface area (Å²) < 4.78 is 7.07. The van der Waals surface area contributed by atoms with Gasteiger partial charge in [0.15, 0.2) is 0 Å². The number of hydrogen-bond acceptors (Lipinski definition) is 3. The van der Waals surface area contributed by atoms with E-state index in [0.29, 0.717) is 22.7 Å². The van der Waals surface area contributed by atoms with Crippen LogP contribution in [0.2, 0.25) is 0 Å². The molecule has 8 atom stereocenters. The normalized spacial score (nSPS) is 43.0. The van der Waals surface area contributed by atoms with E-state index in [4.69, 9.17) is 4.74 Å². The van der Waals surface area contributed by atoms with Crippen LogP contribution in [0.25, 0.3) is 0 Å². The Balaban J connectivity index is 1.28. The molecule has 1 aromatic carbocycles. The van der Waals surface area contributed by atoms with E-state index in [9.17, 15) is 9.59 Å². The van der Waals surface area contributed by atoms with Gasteiger partial charge in [-0.2, -0.15) is 0 Å². The van der Waals surface area contributed by atoms with Gasteiger partial charge in [-0.1, -0.05) is 19.9 Å². The van der Waals surface area contributed by atoms with E-state index in [1.807, 2.05) is 31.2 Å². The average molecular weight is 549 g/mol. The Morgan fingerprint density at radius 2 is 1.72 bits per heavy atom. The van der Waals surface area contributed by atoms with E-state index >= 15 is 0 Å². The first-order chi connectivity index (χ1) is 15.2. The molecule has 5 rings (SSSR count). The molecule has 0 N–H and O–H groups in total. The lowest BCUT2D eigenvalue weighted by Gasteiger charge is -2.61. The van der Waals surface area contributed by atoms with Crippen molar-refractivity contribution in [2.75, 3.05) is 0 Å². The van der Waals surface area contributed by atoms with Crippen LogP contribution in [0.1, 0.15) is 88.9 Å². The largest absolute Gasteiger partial charge is 0.459 e. The Kier molecular flexibility index (Phi) is 5.99. The molecular weight excluding hydrogens is 511 g/mol.